The molecular weight excluding hydrogens is 277 g/mol. The monoisotopic (exact) mass is 293 g/mol. The molecule has 0 saturated heterocycles. The minimum absolute atomic E-state index is 0.128. The predicted molar refractivity (Wildman–Crippen MR) is 78.4 cm³/mol. The molecule has 0 unspecified atom stereocenters. The van der Waals surface area contributed by atoms with E-state index in [1.54, 1.807) is 12.1 Å². The summed E-state index contributed by atoms with van der Waals surface area (Å²) in [5.41, 5.74) is 2.31. The van der Waals surface area contributed by atoms with Gasteiger partial charge in [-0.05, 0) is 31.2 Å². The van der Waals surface area contributed by atoms with Gasteiger partial charge in [0.05, 0.1) is 10.7 Å². The molecule has 1 aromatic heterocycles. The number of aromatic nitrogens is 2. The molecule has 106 valence electrons. The fourth-order valence-corrected chi connectivity index (χ4v) is 2.17. The van der Waals surface area contributed by atoms with Crippen LogP contribution in [-0.2, 0) is 13.0 Å². The Morgan fingerprint density at radius 2 is 2.10 bits per heavy atom. The maximum Gasteiger partial charge on any atom is 0.145 e. The van der Waals surface area contributed by atoms with Crippen molar-refractivity contribution in [2.75, 3.05) is 6.54 Å². The standard InChI is InChI=1S/C15H17ClFN3/c1-3-18-9-12-7-10(2)19-14(20-12)8-11-5-4-6-13(16)15(11)17/h4-7,18H,3,8-9H2,1-2H3. The first-order valence-corrected chi connectivity index (χ1v) is 6.95. The number of hydrogen-bond donors (Lipinski definition) is 1. The van der Waals surface area contributed by atoms with Crippen LogP contribution in [0, 0.1) is 12.7 Å². The van der Waals surface area contributed by atoms with Crippen LogP contribution in [0.3, 0.4) is 0 Å². The quantitative estimate of drug-likeness (QED) is 0.919. The first kappa shape index (κ1) is 14.9. The Morgan fingerprint density at radius 3 is 2.85 bits per heavy atom. The lowest BCUT2D eigenvalue weighted by atomic mass is 10.1. The van der Waals surface area contributed by atoms with Gasteiger partial charge in [0, 0.05) is 18.7 Å². The summed E-state index contributed by atoms with van der Waals surface area (Å²) in [5, 5.41) is 3.35. The predicted octanol–water partition coefficient (Wildman–Crippen LogP) is 3.28. The van der Waals surface area contributed by atoms with Crippen molar-refractivity contribution in [1.29, 1.82) is 0 Å². The highest BCUT2D eigenvalue weighted by Gasteiger charge is 2.09. The number of benzene rings is 1. The van der Waals surface area contributed by atoms with Crippen LogP contribution in [0.5, 0.6) is 0 Å². The second-order valence-electron chi connectivity index (χ2n) is 4.59. The van der Waals surface area contributed by atoms with Crippen molar-refractivity contribution in [3.8, 4) is 0 Å². The number of hydrogen-bond acceptors (Lipinski definition) is 3. The smallest absolute Gasteiger partial charge is 0.145 e. The number of nitrogens with zero attached hydrogens (tertiary/aromatic N) is 2. The summed E-state index contributed by atoms with van der Waals surface area (Å²) in [6, 6.07) is 6.90. The van der Waals surface area contributed by atoms with Crippen LogP contribution in [0.15, 0.2) is 24.3 Å². The van der Waals surface area contributed by atoms with E-state index in [1.165, 1.54) is 6.07 Å². The van der Waals surface area contributed by atoms with Gasteiger partial charge in [0.1, 0.15) is 11.6 Å². The summed E-state index contributed by atoms with van der Waals surface area (Å²) < 4.78 is 13.9. The number of halogens is 2. The molecule has 0 bridgehead atoms. The second kappa shape index (κ2) is 6.77. The Balaban J connectivity index is 2.24. The van der Waals surface area contributed by atoms with Crippen LogP contribution in [0.4, 0.5) is 4.39 Å². The molecule has 0 amide bonds. The van der Waals surface area contributed by atoms with E-state index in [9.17, 15) is 4.39 Å². The van der Waals surface area contributed by atoms with Gasteiger partial charge in [0.15, 0.2) is 0 Å². The van der Waals surface area contributed by atoms with Gasteiger partial charge in [-0.1, -0.05) is 30.7 Å². The molecule has 0 fully saturated rings. The zero-order valence-electron chi connectivity index (χ0n) is 11.6. The van der Waals surface area contributed by atoms with Crippen LogP contribution in [-0.4, -0.2) is 16.5 Å². The highest BCUT2D eigenvalue weighted by molar-refractivity contribution is 6.30. The van der Waals surface area contributed by atoms with Crippen LogP contribution >= 0.6 is 11.6 Å². The summed E-state index contributed by atoms with van der Waals surface area (Å²) >= 11 is 5.79. The molecule has 0 saturated carbocycles. The molecule has 2 rings (SSSR count). The summed E-state index contributed by atoms with van der Waals surface area (Å²) in [4.78, 5) is 8.81. The van der Waals surface area contributed by atoms with Crippen molar-refractivity contribution < 1.29 is 4.39 Å². The Labute approximate surface area is 123 Å². The van der Waals surface area contributed by atoms with Gasteiger partial charge in [-0.15, -0.1) is 0 Å². The Hall–Kier alpha value is -1.52. The summed E-state index contributed by atoms with van der Waals surface area (Å²) in [6.45, 7) is 5.51. The Bertz CT molecular complexity index is 602. The third kappa shape index (κ3) is 3.74. The van der Waals surface area contributed by atoms with E-state index >= 15 is 0 Å². The van der Waals surface area contributed by atoms with Crippen LogP contribution in [0.25, 0.3) is 0 Å². The minimum Gasteiger partial charge on any atom is -0.311 e. The van der Waals surface area contributed by atoms with Gasteiger partial charge < -0.3 is 5.32 Å². The normalized spacial score (nSPS) is 10.8. The number of nitrogens with one attached hydrogen (secondary N) is 1. The van der Waals surface area contributed by atoms with E-state index in [-0.39, 0.29) is 5.02 Å². The molecule has 0 aliphatic carbocycles. The van der Waals surface area contributed by atoms with Gasteiger partial charge in [0.2, 0.25) is 0 Å². The van der Waals surface area contributed by atoms with Gasteiger partial charge in [-0.3, -0.25) is 0 Å². The Kier molecular flexibility index (Phi) is 5.04. The molecule has 1 aromatic carbocycles. The molecule has 3 nitrogen and oxygen atoms in total. The van der Waals surface area contributed by atoms with E-state index in [0.717, 1.165) is 17.9 Å². The highest BCUT2D eigenvalue weighted by Crippen LogP contribution is 2.19. The molecular formula is C15H17ClFN3. The van der Waals surface area contributed by atoms with Gasteiger partial charge in [-0.25, -0.2) is 14.4 Å². The average Bonchev–Trinajstić information content (AvgIpc) is 2.41. The molecule has 5 heteroatoms. The fraction of sp³-hybridized carbons (Fsp3) is 0.333. The van der Waals surface area contributed by atoms with E-state index in [2.05, 4.69) is 15.3 Å². The largest absolute Gasteiger partial charge is 0.311 e. The van der Waals surface area contributed by atoms with E-state index in [1.807, 2.05) is 19.9 Å². The van der Waals surface area contributed by atoms with Crippen molar-refractivity contribution in [2.45, 2.75) is 26.8 Å². The summed E-state index contributed by atoms with van der Waals surface area (Å²) in [5.74, 6) is 0.214. The first-order chi connectivity index (χ1) is 9.60. The fourth-order valence-electron chi connectivity index (χ4n) is 1.98. The maximum absolute atomic E-state index is 13.9. The van der Waals surface area contributed by atoms with Gasteiger partial charge in [-0.2, -0.15) is 0 Å². The third-order valence-corrected chi connectivity index (χ3v) is 3.18. The molecule has 0 spiro atoms. The summed E-state index contributed by atoms with van der Waals surface area (Å²) in [6.07, 6.45) is 0.340. The lowest BCUT2D eigenvalue weighted by molar-refractivity contribution is 0.611. The molecule has 1 N–H and O–H groups in total. The average molecular weight is 294 g/mol. The van der Waals surface area contributed by atoms with Crippen molar-refractivity contribution >= 4 is 11.6 Å². The second-order valence-corrected chi connectivity index (χ2v) is 4.99. The first-order valence-electron chi connectivity index (χ1n) is 6.57. The topological polar surface area (TPSA) is 37.8 Å². The molecule has 0 aliphatic rings. The molecule has 1 heterocycles. The van der Waals surface area contributed by atoms with Crippen LogP contribution in [0.1, 0.15) is 29.7 Å². The minimum atomic E-state index is -0.396. The molecule has 0 radical (unpaired) electrons. The lowest BCUT2D eigenvalue weighted by Gasteiger charge is -2.08. The van der Waals surface area contributed by atoms with Crippen LogP contribution < -0.4 is 5.32 Å². The third-order valence-electron chi connectivity index (χ3n) is 2.89. The van der Waals surface area contributed by atoms with Crippen molar-refractivity contribution in [2.24, 2.45) is 0 Å². The SMILES string of the molecule is CCNCc1cc(C)nc(Cc2cccc(Cl)c2F)n1. The molecule has 0 atom stereocenters. The Morgan fingerprint density at radius 1 is 1.30 bits per heavy atom. The van der Waals surface area contributed by atoms with E-state index < -0.39 is 5.82 Å². The van der Waals surface area contributed by atoms with E-state index in [0.29, 0.717) is 24.4 Å². The van der Waals surface area contributed by atoms with Crippen molar-refractivity contribution in [3.05, 3.63) is 57.9 Å². The van der Waals surface area contributed by atoms with Gasteiger partial charge in [0.25, 0.3) is 0 Å². The number of aryl methyl sites for hydroxylation is 1. The summed E-state index contributed by atoms with van der Waals surface area (Å²) in [7, 11) is 0. The molecule has 20 heavy (non-hydrogen) atoms. The zero-order chi connectivity index (χ0) is 14.5. The van der Waals surface area contributed by atoms with E-state index in [4.69, 9.17) is 11.6 Å². The van der Waals surface area contributed by atoms with Crippen molar-refractivity contribution in [3.63, 3.8) is 0 Å². The maximum atomic E-state index is 13.9. The highest BCUT2D eigenvalue weighted by atomic mass is 35.5. The zero-order valence-corrected chi connectivity index (χ0v) is 12.3. The van der Waals surface area contributed by atoms with Gasteiger partial charge >= 0.3 is 0 Å². The lowest BCUT2D eigenvalue weighted by Crippen LogP contribution is -2.14. The molecule has 2 aromatic rings. The van der Waals surface area contributed by atoms with Crippen LogP contribution in [0.2, 0.25) is 5.02 Å². The molecule has 0 aliphatic heterocycles. The van der Waals surface area contributed by atoms with Crippen molar-refractivity contribution in [1.82, 2.24) is 15.3 Å². The number of rotatable bonds is 5.